The molecule has 1 N–H and O–H groups in total. The summed E-state index contributed by atoms with van der Waals surface area (Å²) in [4.78, 5) is 4.40. The minimum Gasteiger partial charge on any atom is -0.385 e. The highest BCUT2D eigenvalue weighted by molar-refractivity contribution is 5.84. The van der Waals surface area contributed by atoms with Gasteiger partial charge in [0.1, 0.15) is 5.82 Å². The first-order valence-corrected chi connectivity index (χ1v) is 6.54. The van der Waals surface area contributed by atoms with Gasteiger partial charge in [0.05, 0.1) is 11.3 Å². The summed E-state index contributed by atoms with van der Waals surface area (Å²) < 4.78 is 14.3. The van der Waals surface area contributed by atoms with Crippen LogP contribution in [0.4, 0.5) is 10.1 Å². The summed E-state index contributed by atoms with van der Waals surface area (Å²) in [5.41, 5.74) is 1.66. The smallest absolute Gasteiger partial charge is 0.134 e. The molecule has 1 saturated carbocycles. The van der Waals surface area contributed by atoms with Gasteiger partial charge < -0.3 is 5.11 Å². The number of benzene rings is 1. The van der Waals surface area contributed by atoms with Crippen molar-refractivity contribution in [2.45, 2.75) is 52.1 Å². The summed E-state index contributed by atoms with van der Waals surface area (Å²) in [6.07, 6.45) is 3.12. The second-order valence-corrected chi connectivity index (χ2v) is 5.16. The van der Waals surface area contributed by atoms with Gasteiger partial charge in [-0.25, -0.2) is 4.39 Å². The molecular formula is C15H20FNO. The minimum atomic E-state index is -0.948. The molecule has 0 amide bonds. The normalized spacial score (nSPS) is 18.6. The van der Waals surface area contributed by atoms with E-state index in [1.54, 1.807) is 13.0 Å². The van der Waals surface area contributed by atoms with Crippen molar-refractivity contribution in [3.63, 3.8) is 0 Å². The molecule has 1 aliphatic carbocycles. The molecule has 0 atom stereocenters. The Labute approximate surface area is 108 Å². The van der Waals surface area contributed by atoms with E-state index < -0.39 is 5.60 Å². The van der Waals surface area contributed by atoms with Crippen molar-refractivity contribution in [2.24, 2.45) is 4.99 Å². The second-order valence-electron chi connectivity index (χ2n) is 5.16. The van der Waals surface area contributed by atoms with Crippen LogP contribution in [0.15, 0.2) is 17.1 Å². The molecule has 0 saturated heterocycles. The molecule has 98 valence electrons. The van der Waals surface area contributed by atoms with Crippen molar-refractivity contribution in [3.8, 4) is 0 Å². The summed E-state index contributed by atoms with van der Waals surface area (Å²) in [5, 5.41) is 10.2. The SMILES string of the molecule is CCC(C)=Nc1ccc(C2(O)CCC2)c(F)c1C. The monoisotopic (exact) mass is 249 g/mol. The van der Waals surface area contributed by atoms with Gasteiger partial charge in [0.15, 0.2) is 0 Å². The molecule has 1 aliphatic rings. The minimum absolute atomic E-state index is 0.303. The average molecular weight is 249 g/mol. The van der Waals surface area contributed by atoms with Gasteiger partial charge in [-0.15, -0.1) is 0 Å². The number of aliphatic hydroxyl groups is 1. The predicted molar refractivity (Wildman–Crippen MR) is 71.9 cm³/mol. The van der Waals surface area contributed by atoms with Gasteiger partial charge in [-0.05, 0) is 45.6 Å². The Kier molecular flexibility index (Phi) is 3.53. The number of halogens is 1. The maximum Gasteiger partial charge on any atom is 0.134 e. The van der Waals surface area contributed by atoms with Crippen LogP contribution in [0.3, 0.4) is 0 Å². The lowest BCUT2D eigenvalue weighted by Gasteiger charge is -2.37. The Morgan fingerprint density at radius 3 is 2.61 bits per heavy atom. The van der Waals surface area contributed by atoms with E-state index in [9.17, 15) is 9.50 Å². The molecule has 1 aromatic carbocycles. The van der Waals surface area contributed by atoms with Crippen LogP contribution in [0.1, 0.15) is 50.7 Å². The van der Waals surface area contributed by atoms with E-state index >= 15 is 0 Å². The van der Waals surface area contributed by atoms with E-state index in [1.165, 1.54) is 0 Å². The summed E-state index contributed by atoms with van der Waals surface area (Å²) in [5.74, 6) is -0.303. The van der Waals surface area contributed by atoms with Crippen LogP contribution >= 0.6 is 0 Å². The van der Waals surface area contributed by atoms with Gasteiger partial charge in [0.2, 0.25) is 0 Å². The molecule has 0 heterocycles. The molecule has 2 rings (SSSR count). The fraction of sp³-hybridized carbons (Fsp3) is 0.533. The molecule has 0 radical (unpaired) electrons. The van der Waals surface area contributed by atoms with E-state index in [-0.39, 0.29) is 5.82 Å². The van der Waals surface area contributed by atoms with Crippen LogP contribution in [-0.2, 0) is 5.60 Å². The average Bonchev–Trinajstić information content (AvgIpc) is 2.32. The van der Waals surface area contributed by atoms with Gasteiger partial charge in [0, 0.05) is 16.8 Å². The standard InChI is InChI=1S/C15H20FNO/c1-4-10(2)17-13-7-6-12(14(16)11(13)3)15(18)8-5-9-15/h6-7,18H,4-5,8-9H2,1-3H3. The molecule has 0 aliphatic heterocycles. The fourth-order valence-electron chi connectivity index (χ4n) is 2.22. The van der Waals surface area contributed by atoms with E-state index in [1.807, 2.05) is 19.9 Å². The Morgan fingerprint density at radius 1 is 1.44 bits per heavy atom. The van der Waals surface area contributed by atoms with E-state index in [0.29, 0.717) is 29.7 Å². The molecule has 0 bridgehead atoms. The molecule has 0 unspecified atom stereocenters. The van der Waals surface area contributed by atoms with Crippen LogP contribution in [0, 0.1) is 12.7 Å². The molecule has 0 aromatic heterocycles. The third-order valence-electron chi connectivity index (χ3n) is 3.86. The van der Waals surface area contributed by atoms with Crippen molar-refractivity contribution in [1.82, 2.24) is 0 Å². The molecule has 3 heteroatoms. The summed E-state index contributed by atoms with van der Waals surface area (Å²) in [6.45, 7) is 5.68. The highest BCUT2D eigenvalue weighted by atomic mass is 19.1. The van der Waals surface area contributed by atoms with Crippen molar-refractivity contribution < 1.29 is 9.50 Å². The third-order valence-corrected chi connectivity index (χ3v) is 3.86. The number of nitrogens with zero attached hydrogens (tertiary/aromatic N) is 1. The highest BCUT2D eigenvalue weighted by Gasteiger charge is 2.38. The predicted octanol–water partition coefficient (Wildman–Crippen LogP) is 4.01. The first-order valence-electron chi connectivity index (χ1n) is 6.54. The number of hydrogen-bond donors (Lipinski definition) is 1. The van der Waals surface area contributed by atoms with Crippen LogP contribution in [0.25, 0.3) is 0 Å². The maximum atomic E-state index is 14.3. The first-order chi connectivity index (χ1) is 8.48. The van der Waals surface area contributed by atoms with Gasteiger partial charge >= 0.3 is 0 Å². The van der Waals surface area contributed by atoms with E-state index in [4.69, 9.17) is 0 Å². The van der Waals surface area contributed by atoms with Gasteiger partial charge in [-0.3, -0.25) is 4.99 Å². The fourth-order valence-corrected chi connectivity index (χ4v) is 2.22. The van der Waals surface area contributed by atoms with Crippen molar-refractivity contribution in [2.75, 3.05) is 0 Å². The number of hydrogen-bond acceptors (Lipinski definition) is 2. The molecular weight excluding hydrogens is 229 g/mol. The number of rotatable bonds is 3. The lowest BCUT2D eigenvalue weighted by atomic mass is 9.74. The van der Waals surface area contributed by atoms with E-state index in [2.05, 4.69) is 4.99 Å². The van der Waals surface area contributed by atoms with Crippen molar-refractivity contribution >= 4 is 11.4 Å². The molecule has 18 heavy (non-hydrogen) atoms. The van der Waals surface area contributed by atoms with Gasteiger partial charge in [-0.2, -0.15) is 0 Å². The Balaban J connectivity index is 2.42. The van der Waals surface area contributed by atoms with Gasteiger partial charge in [-0.1, -0.05) is 13.0 Å². The van der Waals surface area contributed by atoms with Crippen molar-refractivity contribution in [3.05, 3.63) is 29.1 Å². The third kappa shape index (κ3) is 2.19. The zero-order valence-electron chi connectivity index (χ0n) is 11.3. The highest BCUT2D eigenvalue weighted by Crippen LogP contribution is 2.43. The lowest BCUT2D eigenvalue weighted by Crippen LogP contribution is -2.34. The quantitative estimate of drug-likeness (QED) is 0.807. The molecule has 0 spiro atoms. The van der Waals surface area contributed by atoms with Crippen LogP contribution in [0.5, 0.6) is 0 Å². The summed E-state index contributed by atoms with van der Waals surface area (Å²) >= 11 is 0. The lowest BCUT2D eigenvalue weighted by molar-refractivity contribution is -0.0417. The van der Waals surface area contributed by atoms with Crippen LogP contribution < -0.4 is 0 Å². The van der Waals surface area contributed by atoms with E-state index in [0.717, 1.165) is 18.6 Å². The maximum absolute atomic E-state index is 14.3. The Morgan fingerprint density at radius 2 is 2.11 bits per heavy atom. The zero-order chi connectivity index (χ0) is 13.3. The van der Waals surface area contributed by atoms with Gasteiger partial charge in [0.25, 0.3) is 0 Å². The molecule has 1 fully saturated rings. The Hall–Kier alpha value is -1.22. The Bertz CT molecular complexity index is 490. The van der Waals surface area contributed by atoms with Crippen LogP contribution in [0.2, 0.25) is 0 Å². The largest absolute Gasteiger partial charge is 0.385 e. The molecule has 1 aromatic rings. The number of aliphatic imine (C=N–C) groups is 1. The topological polar surface area (TPSA) is 32.6 Å². The van der Waals surface area contributed by atoms with Crippen molar-refractivity contribution in [1.29, 1.82) is 0 Å². The first kappa shape index (κ1) is 13.2. The zero-order valence-corrected chi connectivity index (χ0v) is 11.3. The second kappa shape index (κ2) is 4.81. The summed E-state index contributed by atoms with van der Waals surface area (Å²) in [7, 11) is 0. The molecule has 2 nitrogen and oxygen atoms in total. The summed E-state index contributed by atoms with van der Waals surface area (Å²) in [6, 6.07) is 3.49. The van der Waals surface area contributed by atoms with Crippen LogP contribution in [-0.4, -0.2) is 10.8 Å².